The maximum atomic E-state index is 12.6. The van der Waals surface area contributed by atoms with E-state index < -0.39 is 18.0 Å². The van der Waals surface area contributed by atoms with Crippen LogP contribution in [-0.2, 0) is 34.0 Å². The molecule has 8 heteroatoms. The van der Waals surface area contributed by atoms with E-state index in [0.717, 1.165) is 11.1 Å². The Morgan fingerprint density at radius 1 is 0.690 bits per heavy atom. The van der Waals surface area contributed by atoms with E-state index in [1.807, 2.05) is 60.7 Å². The van der Waals surface area contributed by atoms with Gasteiger partial charge in [0.25, 0.3) is 0 Å². The average molecular weight is 569 g/mol. The van der Waals surface area contributed by atoms with Crippen molar-refractivity contribution in [2.45, 2.75) is 25.7 Å². The summed E-state index contributed by atoms with van der Waals surface area (Å²) >= 11 is 0. The van der Waals surface area contributed by atoms with Crippen molar-refractivity contribution in [3.8, 4) is 23.0 Å². The number of ether oxygens (including phenoxy) is 5. The highest BCUT2D eigenvalue weighted by atomic mass is 16.6. The van der Waals surface area contributed by atoms with Gasteiger partial charge in [0.15, 0.2) is 23.0 Å². The molecule has 216 valence electrons. The van der Waals surface area contributed by atoms with Crippen LogP contribution in [0.5, 0.6) is 23.0 Å². The van der Waals surface area contributed by atoms with Gasteiger partial charge in [-0.15, -0.1) is 0 Å². The highest BCUT2D eigenvalue weighted by molar-refractivity contribution is 5.89. The molecule has 1 N–H and O–H groups in total. The first-order valence-corrected chi connectivity index (χ1v) is 13.2. The second-order valence-electron chi connectivity index (χ2n) is 9.25. The van der Waals surface area contributed by atoms with Gasteiger partial charge in [0, 0.05) is 12.5 Å². The number of carboxylic acids is 1. The lowest BCUT2D eigenvalue weighted by molar-refractivity contribution is -0.160. The Morgan fingerprint density at radius 3 is 1.88 bits per heavy atom. The molecule has 4 aromatic rings. The summed E-state index contributed by atoms with van der Waals surface area (Å²) in [5.74, 6) is -0.0388. The van der Waals surface area contributed by atoms with E-state index in [2.05, 4.69) is 0 Å². The van der Waals surface area contributed by atoms with E-state index in [1.54, 1.807) is 36.4 Å². The molecule has 0 amide bonds. The molecule has 4 aromatic carbocycles. The molecule has 0 aromatic heterocycles. The van der Waals surface area contributed by atoms with Crippen molar-refractivity contribution >= 4 is 18.0 Å². The molecule has 0 saturated carbocycles. The van der Waals surface area contributed by atoms with Crippen molar-refractivity contribution in [1.29, 1.82) is 0 Å². The van der Waals surface area contributed by atoms with Crippen molar-refractivity contribution in [3.63, 3.8) is 0 Å². The molecule has 0 aliphatic heterocycles. The summed E-state index contributed by atoms with van der Waals surface area (Å²) in [5.41, 5.74) is 3.27. The summed E-state index contributed by atoms with van der Waals surface area (Å²) in [6.45, 7) is 0.689. The Morgan fingerprint density at radius 2 is 1.29 bits per heavy atom. The molecule has 0 fully saturated rings. The van der Waals surface area contributed by atoms with Crippen LogP contribution in [0.25, 0.3) is 6.08 Å². The van der Waals surface area contributed by atoms with Gasteiger partial charge in [-0.2, -0.15) is 0 Å². The molecule has 1 atom stereocenters. The molecule has 0 bridgehead atoms. The number of aliphatic carboxylic acids is 1. The van der Waals surface area contributed by atoms with Crippen LogP contribution < -0.4 is 18.9 Å². The van der Waals surface area contributed by atoms with Crippen LogP contribution >= 0.6 is 0 Å². The second kappa shape index (κ2) is 14.9. The molecule has 4 rings (SSSR count). The molecule has 42 heavy (non-hydrogen) atoms. The van der Waals surface area contributed by atoms with Crippen molar-refractivity contribution in [2.24, 2.45) is 0 Å². The van der Waals surface area contributed by atoms with E-state index >= 15 is 0 Å². The Labute approximate surface area is 244 Å². The minimum Gasteiger partial charge on any atom is -0.493 e. The maximum absolute atomic E-state index is 12.6. The highest BCUT2D eigenvalue weighted by Gasteiger charge is 2.22. The Kier molecular flexibility index (Phi) is 10.6. The quantitative estimate of drug-likeness (QED) is 0.144. The summed E-state index contributed by atoms with van der Waals surface area (Å²) < 4.78 is 27.9. The lowest BCUT2D eigenvalue weighted by Gasteiger charge is -2.15. The van der Waals surface area contributed by atoms with Crippen LogP contribution in [-0.4, -0.2) is 37.4 Å². The highest BCUT2D eigenvalue weighted by Crippen LogP contribution is 2.31. The minimum absolute atomic E-state index is 0.0415. The molecule has 1 unspecified atom stereocenters. The van der Waals surface area contributed by atoms with E-state index in [-0.39, 0.29) is 6.42 Å². The zero-order valence-electron chi connectivity index (χ0n) is 23.4. The monoisotopic (exact) mass is 568 g/mol. The van der Waals surface area contributed by atoms with Crippen LogP contribution in [0.15, 0.2) is 103 Å². The molecular formula is C34H32O8. The number of benzene rings is 4. The Balaban J connectivity index is 1.45. The lowest BCUT2D eigenvalue weighted by atomic mass is 10.1. The number of carboxylic acid groups (broad SMARTS) is 1. The largest absolute Gasteiger partial charge is 0.493 e. The predicted molar refractivity (Wildman–Crippen MR) is 158 cm³/mol. The summed E-state index contributed by atoms with van der Waals surface area (Å²) in [5, 5.41) is 9.66. The molecule has 0 saturated heterocycles. The number of esters is 1. The second-order valence-corrected chi connectivity index (χ2v) is 9.25. The molecule has 0 spiro atoms. The third-order valence-corrected chi connectivity index (χ3v) is 6.26. The van der Waals surface area contributed by atoms with Gasteiger partial charge in [0.2, 0.25) is 6.10 Å². The number of methoxy groups -OCH3 is 2. The topological polar surface area (TPSA) is 101 Å². The lowest BCUT2D eigenvalue weighted by Crippen LogP contribution is -2.28. The van der Waals surface area contributed by atoms with Gasteiger partial charge in [0.05, 0.1) is 14.2 Å². The van der Waals surface area contributed by atoms with Crippen LogP contribution in [0, 0.1) is 0 Å². The number of hydrogen-bond acceptors (Lipinski definition) is 7. The summed E-state index contributed by atoms with van der Waals surface area (Å²) in [6.07, 6.45) is 1.29. The first-order valence-electron chi connectivity index (χ1n) is 13.2. The first kappa shape index (κ1) is 29.7. The SMILES string of the molecule is COc1ccc(CC(OC(=O)/C=C/c2ccc(OCc3ccccc3)c(OCc3ccccc3)c2)C(=O)O)cc1OC. The number of rotatable bonds is 14. The van der Waals surface area contributed by atoms with E-state index in [9.17, 15) is 14.7 Å². The zero-order chi connectivity index (χ0) is 29.7. The molecule has 0 aliphatic rings. The van der Waals surface area contributed by atoms with Gasteiger partial charge in [0.1, 0.15) is 13.2 Å². The normalized spacial score (nSPS) is 11.5. The summed E-state index contributed by atoms with van der Waals surface area (Å²) in [4.78, 5) is 24.4. The standard InChI is InChI=1S/C34H32O8/c1-38-28-16-14-27(20-30(28)39-2)21-32(34(36)37)42-33(35)18-15-24-13-17-29(40-22-25-9-5-3-6-10-25)31(19-24)41-23-26-11-7-4-8-12-26/h3-20,32H,21-23H2,1-2H3,(H,36,37)/b18-15+. The zero-order valence-corrected chi connectivity index (χ0v) is 23.4. The van der Waals surface area contributed by atoms with Gasteiger partial charge in [-0.3, -0.25) is 0 Å². The molecule has 8 nitrogen and oxygen atoms in total. The number of carbonyl (C=O) groups excluding carboxylic acids is 1. The van der Waals surface area contributed by atoms with Gasteiger partial charge >= 0.3 is 11.9 Å². The van der Waals surface area contributed by atoms with Crippen molar-refractivity contribution in [3.05, 3.63) is 125 Å². The molecular weight excluding hydrogens is 536 g/mol. The van der Waals surface area contributed by atoms with Crippen LogP contribution in [0.4, 0.5) is 0 Å². The van der Waals surface area contributed by atoms with Crippen LogP contribution in [0.1, 0.15) is 22.3 Å². The summed E-state index contributed by atoms with van der Waals surface area (Å²) in [6, 6.07) is 29.8. The van der Waals surface area contributed by atoms with E-state index in [1.165, 1.54) is 26.4 Å². The first-order chi connectivity index (χ1) is 20.4. The average Bonchev–Trinajstić information content (AvgIpc) is 3.02. The van der Waals surface area contributed by atoms with Gasteiger partial charge < -0.3 is 28.8 Å². The number of hydrogen-bond donors (Lipinski definition) is 1. The van der Waals surface area contributed by atoms with Gasteiger partial charge in [-0.1, -0.05) is 72.8 Å². The third-order valence-electron chi connectivity index (χ3n) is 6.26. The van der Waals surface area contributed by atoms with E-state index in [0.29, 0.717) is 47.3 Å². The third kappa shape index (κ3) is 8.63. The minimum atomic E-state index is -1.39. The fourth-order valence-electron chi connectivity index (χ4n) is 4.08. The van der Waals surface area contributed by atoms with Gasteiger partial charge in [-0.25, -0.2) is 9.59 Å². The fourth-order valence-corrected chi connectivity index (χ4v) is 4.08. The van der Waals surface area contributed by atoms with Crippen molar-refractivity contribution in [1.82, 2.24) is 0 Å². The molecule has 0 radical (unpaired) electrons. The predicted octanol–water partition coefficient (Wildman–Crippen LogP) is 6.11. The molecule has 0 aliphatic carbocycles. The fraction of sp³-hybridized carbons (Fsp3) is 0.176. The van der Waals surface area contributed by atoms with Crippen molar-refractivity contribution < 1.29 is 38.4 Å². The van der Waals surface area contributed by atoms with Crippen LogP contribution in [0.2, 0.25) is 0 Å². The summed E-state index contributed by atoms with van der Waals surface area (Å²) in [7, 11) is 3.00. The van der Waals surface area contributed by atoms with E-state index in [4.69, 9.17) is 23.7 Å². The number of carbonyl (C=O) groups is 2. The molecule has 0 heterocycles. The smallest absolute Gasteiger partial charge is 0.345 e. The van der Waals surface area contributed by atoms with Crippen molar-refractivity contribution in [2.75, 3.05) is 14.2 Å². The van der Waals surface area contributed by atoms with Gasteiger partial charge in [-0.05, 0) is 52.6 Å². The van der Waals surface area contributed by atoms with Crippen LogP contribution in [0.3, 0.4) is 0 Å². The maximum Gasteiger partial charge on any atom is 0.345 e. The Hall–Kier alpha value is -5.24. The Bertz CT molecular complexity index is 1500.